The molecule has 1 saturated carbocycles. The van der Waals surface area contributed by atoms with Gasteiger partial charge in [-0.1, -0.05) is 11.8 Å². The Bertz CT molecular complexity index is 1310. The van der Waals surface area contributed by atoms with Crippen LogP contribution in [0.3, 0.4) is 0 Å². The largest absolute Gasteiger partial charge is 0.508 e. The number of aromatic hydroxyl groups is 1. The highest BCUT2D eigenvalue weighted by atomic mass is 16.3. The SMILES string of the molecule is CN(C)CC#Cc1ccc(O)c2c1C[C@H]1C[C@H]3[C@H](N(C)C)C(=O)C(C(N)=O)=C(O)[C@@]3(O)C(=O)C1=C2O. The molecule has 6 N–H and O–H groups in total. The lowest BCUT2D eigenvalue weighted by molar-refractivity contribution is -0.153. The average Bonchev–Trinajstić information content (AvgIpc) is 2.77. The normalized spacial score (nSPS) is 27.5. The molecule has 3 aliphatic rings. The number of likely N-dealkylation sites (N-methyl/N-ethyl adjacent to an activating group) is 1. The van der Waals surface area contributed by atoms with Crippen LogP contribution in [0.15, 0.2) is 29.0 Å². The van der Waals surface area contributed by atoms with Crippen molar-refractivity contribution in [3.05, 3.63) is 45.7 Å². The Morgan fingerprint density at radius 3 is 2.42 bits per heavy atom. The first-order valence-electron chi connectivity index (χ1n) is 11.5. The van der Waals surface area contributed by atoms with Crippen LogP contribution in [-0.4, -0.2) is 94.1 Å². The molecule has 10 heteroatoms. The maximum absolute atomic E-state index is 13.8. The molecule has 0 radical (unpaired) electrons. The number of amides is 1. The van der Waals surface area contributed by atoms with Crippen molar-refractivity contribution in [3.63, 3.8) is 0 Å². The van der Waals surface area contributed by atoms with Crippen molar-refractivity contribution in [2.24, 2.45) is 17.6 Å². The molecule has 10 nitrogen and oxygen atoms in total. The first-order chi connectivity index (χ1) is 16.8. The second kappa shape index (κ2) is 8.78. The minimum Gasteiger partial charge on any atom is -0.508 e. The van der Waals surface area contributed by atoms with Crippen molar-refractivity contribution in [1.29, 1.82) is 0 Å². The monoisotopic (exact) mass is 495 g/mol. The highest BCUT2D eigenvalue weighted by Crippen LogP contribution is 2.52. The van der Waals surface area contributed by atoms with Crippen molar-refractivity contribution in [1.82, 2.24) is 9.80 Å². The second-order valence-electron chi connectivity index (χ2n) is 9.99. The number of benzene rings is 1. The number of hydrogen-bond acceptors (Lipinski definition) is 9. The zero-order valence-corrected chi connectivity index (χ0v) is 20.5. The van der Waals surface area contributed by atoms with E-state index < -0.39 is 58.0 Å². The molecule has 0 spiro atoms. The summed E-state index contributed by atoms with van der Waals surface area (Å²) in [5.41, 5.74) is 2.81. The van der Waals surface area contributed by atoms with Gasteiger partial charge in [0.2, 0.25) is 5.78 Å². The summed E-state index contributed by atoms with van der Waals surface area (Å²) < 4.78 is 0. The molecular formula is C26H29N3O7. The predicted molar refractivity (Wildman–Crippen MR) is 130 cm³/mol. The number of primary amides is 1. The molecule has 36 heavy (non-hydrogen) atoms. The maximum Gasteiger partial charge on any atom is 0.255 e. The van der Waals surface area contributed by atoms with Gasteiger partial charge in [0.1, 0.15) is 22.8 Å². The number of aliphatic hydroxyl groups excluding tert-OH is 2. The molecule has 0 saturated heterocycles. The van der Waals surface area contributed by atoms with Crippen LogP contribution in [0.4, 0.5) is 0 Å². The van der Waals surface area contributed by atoms with Crippen molar-refractivity contribution >= 4 is 23.2 Å². The molecule has 1 aromatic carbocycles. The highest BCUT2D eigenvalue weighted by Gasteiger charge is 2.64. The number of hydrogen-bond donors (Lipinski definition) is 5. The van der Waals surface area contributed by atoms with Crippen LogP contribution in [0, 0.1) is 23.7 Å². The van der Waals surface area contributed by atoms with Gasteiger partial charge < -0.3 is 26.2 Å². The molecule has 3 aliphatic carbocycles. The smallest absolute Gasteiger partial charge is 0.255 e. The van der Waals surface area contributed by atoms with Gasteiger partial charge in [-0.3, -0.25) is 24.2 Å². The minimum atomic E-state index is -2.65. The molecule has 1 amide bonds. The first kappa shape index (κ1) is 25.4. The van der Waals surface area contributed by atoms with E-state index in [1.807, 2.05) is 19.0 Å². The standard InChI is InChI=1S/C26H29N3O7/c1-28(2)9-5-6-12-7-8-16(30)18-14(12)10-13-11-15-20(29(3)4)22(32)19(25(27)35)24(34)26(15,36)23(33)17(13)21(18)31/h7-8,13,15,20,30-31,34,36H,9-11H2,1-4H3,(H2,27,35)/t13-,15-,20-,26-/m0/s1. The molecule has 0 heterocycles. The number of Topliss-reactive ketones (excluding diaryl/α,β-unsaturated/α-hetero) is 2. The average molecular weight is 496 g/mol. The lowest BCUT2D eigenvalue weighted by atomic mass is 9.57. The fraction of sp³-hybridized carbons (Fsp3) is 0.423. The van der Waals surface area contributed by atoms with Crippen LogP contribution >= 0.6 is 0 Å². The van der Waals surface area contributed by atoms with Crippen LogP contribution in [0.5, 0.6) is 5.75 Å². The van der Waals surface area contributed by atoms with E-state index in [2.05, 4.69) is 11.8 Å². The first-order valence-corrected chi connectivity index (χ1v) is 11.5. The quantitative estimate of drug-likeness (QED) is 0.284. The zero-order valence-electron chi connectivity index (χ0n) is 20.5. The Morgan fingerprint density at radius 2 is 1.83 bits per heavy atom. The maximum atomic E-state index is 13.8. The number of phenolic OH excluding ortho intramolecular Hbond substituents is 1. The number of rotatable bonds is 3. The van der Waals surface area contributed by atoms with Crippen molar-refractivity contribution in [2.45, 2.75) is 24.5 Å². The number of carbonyl (C=O) groups excluding carboxylic acids is 3. The molecule has 0 aliphatic heterocycles. The van der Waals surface area contributed by atoms with Crippen molar-refractivity contribution in [3.8, 4) is 17.6 Å². The van der Waals surface area contributed by atoms with E-state index in [4.69, 9.17) is 5.73 Å². The summed E-state index contributed by atoms with van der Waals surface area (Å²) in [4.78, 5) is 42.3. The third-order valence-corrected chi connectivity index (χ3v) is 7.22. The summed E-state index contributed by atoms with van der Waals surface area (Å²) in [7, 11) is 6.86. The number of nitrogens with two attached hydrogens (primary N) is 1. The Morgan fingerprint density at radius 1 is 1.17 bits per heavy atom. The fourth-order valence-electron chi connectivity index (χ4n) is 5.65. The molecule has 0 aromatic heterocycles. The van der Waals surface area contributed by atoms with Gasteiger partial charge in [0.25, 0.3) is 5.91 Å². The predicted octanol–water partition coefficient (Wildman–Crippen LogP) is -0.123. The fourth-order valence-corrected chi connectivity index (χ4v) is 5.65. The Balaban J connectivity index is 1.93. The molecule has 4 atom stereocenters. The summed E-state index contributed by atoms with van der Waals surface area (Å²) in [5.74, 6) is -0.664. The summed E-state index contributed by atoms with van der Waals surface area (Å²) >= 11 is 0. The van der Waals surface area contributed by atoms with E-state index in [1.165, 1.54) is 11.0 Å². The van der Waals surface area contributed by atoms with E-state index in [-0.39, 0.29) is 29.7 Å². The van der Waals surface area contributed by atoms with Crippen molar-refractivity contribution in [2.75, 3.05) is 34.7 Å². The van der Waals surface area contributed by atoms with Gasteiger partial charge in [-0.2, -0.15) is 0 Å². The van der Waals surface area contributed by atoms with Gasteiger partial charge in [-0.05, 0) is 64.6 Å². The van der Waals surface area contributed by atoms with Gasteiger partial charge in [0.05, 0.1) is 18.2 Å². The van der Waals surface area contributed by atoms with Crippen molar-refractivity contribution < 1.29 is 34.8 Å². The van der Waals surface area contributed by atoms with Gasteiger partial charge in [0, 0.05) is 17.1 Å². The third kappa shape index (κ3) is 3.59. The lowest BCUT2D eigenvalue weighted by Gasteiger charge is -2.50. The summed E-state index contributed by atoms with van der Waals surface area (Å²) in [5, 5.41) is 44.2. The molecule has 1 fully saturated rings. The zero-order chi connectivity index (χ0) is 26.7. The number of aliphatic hydroxyl groups is 3. The van der Waals surface area contributed by atoms with Crippen LogP contribution in [0.25, 0.3) is 5.76 Å². The molecule has 0 bridgehead atoms. The van der Waals surface area contributed by atoms with Crippen LogP contribution in [0.1, 0.15) is 23.1 Å². The second-order valence-corrected chi connectivity index (χ2v) is 9.99. The van der Waals surface area contributed by atoms with Gasteiger partial charge in [-0.25, -0.2) is 0 Å². The minimum absolute atomic E-state index is 0.0305. The van der Waals surface area contributed by atoms with Crippen LogP contribution < -0.4 is 5.73 Å². The summed E-state index contributed by atoms with van der Waals surface area (Å²) in [6.45, 7) is 0.486. The van der Waals surface area contributed by atoms with Gasteiger partial charge in [-0.15, -0.1) is 0 Å². The van der Waals surface area contributed by atoms with E-state index in [0.29, 0.717) is 17.7 Å². The molecule has 4 rings (SSSR count). The van der Waals surface area contributed by atoms with Gasteiger partial charge in [0.15, 0.2) is 11.4 Å². The highest BCUT2D eigenvalue weighted by molar-refractivity contribution is 6.24. The molecular weight excluding hydrogens is 466 g/mol. The summed E-state index contributed by atoms with van der Waals surface area (Å²) in [6, 6.07) is 1.88. The number of nitrogens with zero attached hydrogens (tertiary/aromatic N) is 2. The number of phenols is 1. The molecule has 1 aromatic rings. The number of carbonyl (C=O) groups is 3. The van der Waals surface area contributed by atoms with E-state index >= 15 is 0 Å². The molecule has 0 unspecified atom stereocenters. The summed E-state index contributed by atoms with van der Waals surface area (Å²) in [6.07, 6.45) is 0.237. The topological polar surface area (TPSA) is 165 Å². The Labute approximate surface area is 208 Å². The lowest BCUT2D eigenvalue weighted by Crippen LogP contribution is -2.65. The Kier molecular flexibility index (Phi) is 6.21. The number of fused-ring (bicyclic) bond motifs is 3. The van der Waals surface area contributed by atoms with E-state index in [9.17, 15) is 34.8 Å². The molecule has 190 valence electrons. The van der Waals surface area contributed by atoms with Gasteiger partial charge >= 0.3 is 0 Å². The number of ketones is 2. The Hall–Kier alpha value is -3.65. The van der Waals surface area contributed by atoms with E-state index in [0.717, 1.165) is 0 Å². The van der Waals surface area contributed by atoms with E-state index in [1.54, 1.807) is 20.2 Å². The van der Waals surface area contributed by atoms with Crippen LogP contribution in [-0.2, 0) is 20.8 Å². The van der Waals surface area contributed by atoms with Crippen LogP contribution in [0.2, 0.25) is 0 Å². The third-order valence-electron chi connectivity index (χ3n) is 7.22.